The lowest BCUT2D eigenvalue weighted by Gasteiger charge is -2.52. The molecule has 1 aliphatic carbocycles. The maximum Gasteiger partial charge on any atom is 0.0880 e. The van der Waals surface area contributed by atoms with E-state index in [1.807, 2.05) is 0 Å². The Morgan fingerprint density at radius 1 is 1.38 bits per heavy atom. The summed E-state index contributed by atoms with van der Waals surface area (Å²) in [5, 5.41) is 10.6. The molecule has 3 unspecified atom stereocenters. The summed E-state index contributed by atoms with van der Waals surface area (Å²) in [7, 11) is 0. The van der Waals surface area contributed by atoms with Gasteiger partial charge in [0.25, 0.3) is 0 Å². The van der Waals surface area contributed by atoms with Gasteiger partial charge in [-0.25, -0.2) is 0 Å². The molecule has 1 N–H and O–H groups in total. The molecule has 1 heterocycles. The minimum absolute atomic E-state index is 0.412. The van der Waals surface area contributed by atoms with Crippen molar-refractivity contribution >= 4 is 0 Å². The van der Waals surface area contributed by atoms with Gasteiger partial charge in [-0.2, -0.15) is 0 Å². The van der Waals surface area contributed by atoms with Gasteiger partial charge in [0.1, 0.15) is 0 Å². The highest BCUT2D eigenvalue weighted by Gasteiger charge is 2.46. The van der Waals surface area contributed by atoms with Gasteiger partial charge in [-0.15, -0.1) is 6.58 Å². The van der Waals surface area contributed by atoms with E-state index in [0.29, 0.717) is 18.0 Å². The number of hydrogen-bond donors (Lipinski definition) is 1. The van der Waals surface area contributed by atoms with Crippen LogP contribution in [-0.4, -0.2) is 34.2 Å². The van der Waals surface area contributed by atoms with E-state index in [9.17, 15) is 5.11 Å². The molecule has 0 aromatic rings. The first kappa shape index (κ1) is 12.1. The fraction of sp³-hybridized carbons (Fsp3) is 0.857. The van der Waals surface area contributed by atoms with Crippen molar-refractivity contribution in [3.63, 3.8) is 0 Å². The molecule has 0 radical (unpaired) electrons. The molecule has 1 saturated heterocycles. The maximum absolute atomic E-state index is 10.6. The zero-order chi connectivity index (χ0) is 11.8. The van der Waals surface area contributed by atoms with Crippen molar-refractivity contribution < 1.29 is 5.11 Å². The summed E-state index contributed by atoms with van der Waals surface area (Å²) < 4.78 is 0. The molecule has 16 heavy (non-hydrogen) atoms. The van der Waals surface area contributed by atoms with Crippen molar-refractivity contribution in [2.45, 2.75) is 63.6 Å². The first-order valence-corrected chi connectivity index (χ1v) is 6.70. The third-order valence-electron chi connectivity index (χ3n) is 4.58. The molecule has 2 rings (SSSR count). The molecule has 2 nitrogen and oxygen atoms in total. The lowest BCUT2D eigenvalue weighted by Crippen LogP contribution is -2.59. The van der Waals surface area contributed by atoms with E-state index in [1.165, 1.54) is 19.3 Å². The van der Waals surface area contributed by atoms with Gasteiger partial charge < -0.3 is 5.11 Å². The number of rotatable bonds is 2. The Balaban J connectivity index is 2.21. The molecule has 0 aromatic heterocycles. The topological polar surface area (TPSA) is 23.5 Å². The Labute approximate surface area is 99.3 Å². The Morgan fingerprint density at radius 3 is 2.69 bits per heavy atom. The maximum atomic E-state index is 10.6. The van der Waals surface area contributed by atoms with Crippen molar-refractivity contribution in [2.24, 2.45) is 5.92 Å². The highest BCUT2D eigenvalue weighted by molar-refractivity contribution is 5.09. The standard InChI is InChI=1S/C14H25NO/c1-4-14(16)9-10-15(11(2)3)13-8-6-5-7-12(13)14/h4,11-13,16H,1,5-10H2,2-3H3. The molecule has 2 heteroatoms. The largest absolute Gasteiger partial charge is 0.385 e. The summed E-state index contributed by atoms with van der Waals surface area (Å²) in [6.45, 7) is 9.40. The second-order valence-electron chi connectivity index (χ2n) is 5.74. The minimum Gasteiger partial charge on any atom is -0.385 e. The SMILES string of the molecule is C=CC1(O)CCN(C(C)C)C2CCCCC21. The monoisotopic (exact) mass is 223 g/mol. The third-order valence-corrected chi connectivity index (χ3v) is 4.58. The smallest absolute Gasteiger partial charge is 0.0880 e. The predicted molar refractivity (Wildman–Crippen MR) is 67.4 cm³/mol. The zero-order valence-electron chi connectivity index (χ0n) is 10.7. The van der Waals surface area contributed by atoms with E-state index in [-0.39, 0.29) is 0 Å². The molecule has 1 saturated carbocycles. The van der Waals surface area contributed by atoms with Crippen LogP contribution in [0.15, 0.2) is 12.7 Å². The molecule has 3 atom stereocenters. The first-order valence-electron chi connectivity index (χ1n) is 6.70. The van der Waals surface area contributed by atoms with Crippen molar-refractivity contribution in [1.29, 1.82) is 0 Å². The van der Waals surface area contributed by atoms with Crippen LogP contribution in [0.2, 0.25) is 0 Å². The lowest BCUT2D eigenvalue weighted by molar-refractivity contribution is -0.0925. The second kappa shape index (κ2) is 4.50. The van der Waals surface area contributed by atoms with Crippen LogP contribution in [0.1, 0.15) is 46.0 Å². The van der Waals surface area contributed by atoms with E-state index in [4.69, 9.17) is 0 Å². The Kier molecular flexibility index (Phi) is 3.41. The average Bonchev–Trinajstić information content (AvgIpc) is 2.29. The van der Waals surface area contributed by atoms with Crippen LogP contribution in [0.4, 0.5) is 0 Å². The second-order valence-corrected chi connectivity index (χ2v) is 5.74. The van der Waals surface area contributed by atoms with E-state index in [2.05, 4.69) is 25.3 Å². The molecule has 1 aliphatic heterocycles. The van der Waals surface area contributed by atoms with Gasteiger partial charge in [0, 0.05) is 24.5 Å². The van der Waals surface area contributed by atoms with Crippen molar-refractivity contribution in [3.05, 3.63) is 12.7 Å². The number of likely N-dealkylation sites (tertiary alicyclic amines) is 1. The fourth-order valence-corrected chi connectivity index (χ4v) is 3.65. The van der Waals surface area contributed by atoms with E-state index < -0.39 is 5.60 Å². The summed E-state index contributed by atoms with van der Waals surface area (Å²) in [4.78, 5) is 2.59. The van der Waals surface area contributed by atoms with Crippen LogP contribution in [-0.2, 0) is 0 Å². The van der Waals surface area contributed by atoms with E-state index >= 15 is 0 Å². The molecule has 2 aliphatic rings. The summed E-state index contributed by atoms with van der Waals surface area (Å²) >= 11 is 0. The normalized spacial score (nSPS) is 40.8. The predicted octanol–water partition coefficient (Wildman–Crippen LogP) is 2.58. The number of fused-ring (bicyclic) bond motifs is 1. The summed E-state index contributed by atoms with van der Waals surface area (Å²) in [5.41, 5.74) is -0.601. The van der Waals surface area contributed by atoms with Crippen LogP contribution < -0.4 is 0 Å². The van der Waals surface area contributed by atoms with Crippen molar-refractivity contribution in [2.75, 3.05) is 6.54 Å². The summed E-state index contributed by atoms with van der Waals surface area (Å²) in [6, 6.07) is 1.17. The quantitative estimate of drug-likeness (QED) is 0.727. The van der Waals surface area contributed by atoms with Crippen LogP contribution in [0.3, 0.4) is 0 Å². The minimum atomic E-state index is -0.601. The van der Waals surface area contributed by atoms with Gasteiger partial charge in [0.2, 0.25) is 0 Å². The van der Waals surface area contributed by atoms with Gasteiger partial charge in [0.05, 0.1) is 5.60 Å². The Morgan fingerprint density at radius 2 is 2.06 bits per heavy atom. The molecule has 92 valence electrons. The molecular formula is C14H25NO. The molecule has 0 bridgehead atoms. The summed E-state index contributed by atoms with van der Waals surface area (Å²) in [6.07, 6.45) is 7.65. The van der Waals surface area contributed by atoms with Gasteiger partial charge in [-0.3, -0.25) is 4.90 Å². The van der Waals surface area contributed by atoms with Gasteiger partial charge >= 0.3 is 0 Å². The van der Waals surface area contributed by atoms with Crippen molar-refractivity contribution in [1.82, 2.24) is 4.90 Å². The average molecular weight is 223 g/mol. The number of hydrogen-bond acceptors (Lipinski definition) is 2. The van der Waals surface area contributed by atoms with Gasteiger partial charge in [0.15, 0.2) is 0 Å². The number of piperidine rings is 1. The van der Waals surface area contributed by atoms with Crippen LogP contribution in [0.5, 0.6) is 0 Å². The van der Waals surface area contributed by atoms with Gasteiger partial charge in [-0.05, 0) is 33.1 Å². The highest BCUT2D eigenvalue weighted by Crippen LogP contribution is 2.42. The Hall–Kier alpha value is -0.340. The summed E-state index contributed by atoms with van der Waals surface area (Å²) in [5.74, 6) is 0.412. The first-order chi connectivity index (χ1) is 7.58. The van der Waals surface area contributed by atoms with Gasteiger partial charge in [-0.1, -0.05) is 18.9 Å². The fourth-order valence-electron chi connectivity index (χ4n) is 3.65. The van der Waals surface area contributed by atoms with E-state index in [1.54, 1.807) is 6.08 Å². The van der Waals surface area contributed by atoms with Crippen LogP contribution in [0, 0.1) is 5.92 Å². The zero-order valence-corrected chi connectivity index (χ0v) is 10.7. The molecular weight excluding hydrogens is 198 g/mol. The lowest BCUT2D eigenvalue weighted by atomic mass is 9.69. The molecule has 0 aromatic carbocycles. The third kappa shape index (κ3) is 1.93. The molecule has 2 fully saturated rings. The molecule has 0 amide bonds. The van der Waals surface area contributed by atoms with E-state index in [0.717, 1.165) is 19.4 Å². The number of nitrogens with zero attached hydrogens (tertiary/aromatic N) is 1. The van der Waals surface area contributed by atoms with Crippen LogP contribution in [0.25, 0.3) is 0 Å². The Bertz CT molecular complexity index is 263. The molecule has 0 spiro atoms. The van der Waals surface area contributed by atoms with Crippen LogP contribution >= 0.6 is 0 Å². The number of aliphatic hydroxyl groups is 1. The van der Waals surface area contributed by atoms with Crippen molar-refractivity contribution in [3.8, 4) is 0 Å². The highest BCUT2D eigenvalue weighted by atomic mass is 16.3.